The number of rotatable bonds is 2. The van der Waals surface area contributed by atoms with Crippen LogP contribution in [0.3, 0.4) is 0 Å². The van der Waals surface area contributed by atoms with Crippen LogP contribution in [-0.4, -0.2) is 6.61 Å². The minimum atomic E-state index is 0. The first-order valence-electron chi connectivity index (χ1n) is 4.60. The van der Waals surface area contributed by atoms with Gasteiger partial charge in [-0.1, -0.05) is 0 Å². The van der Waals surface area contributed by atoms with E-state index in [1.807, 2.05) is 0 Å². The van der Waals surface area contributed by atoms with Gasteiger partial charge in [-0.15, -0.1) is 0 Å². The maximum Gasteiger partial charge on any atom is -1.00 e. The van der Waals surface area contributed by atoms with Crippen LogP contribution in [0.1, 0.15) is 34.6 Å². The molecule has 92 valence electrons. The average molecular weight is 319 g/mol. The molecule has 0 heterocycles. The molecular formula is C11H17Cl3OTi. The Bertz CT molecular complexity index is 296. The molecule has 1 aliphatic rings. The Labute approximate surface area is 130 Å². The number of hydrogen-bond acceptors (Lipinski definition) is 1. The second kappa shape index (κ2) is 8.18. The van der Waals surface area contributed by atoms with Crippen LogP contribution in [0.25, 0.3) is 0 Å². The first-order valence-corrected chi connectivity index (χ1v) is 5.23. The molecule has 0 N–H and O–H groups in total. The third-order valence-electron chi connectivity index (χ3n) is 3.49. The van der Waals surface area contributed by atoms with Crippen LogP contribution in [0.2, 0.25) is 0 Å². The van der Waals surface area contributed by atoms with Crippen molar-refractivity contribution in [3.8, 4) is 0 Å². The van der Waals surface area contributed by atoms with E-state index in [9.17, 15) is 0 Å². The summed E-state index contributed by atoms with van der Waals surface area (Å²) in [4.78, 5) is 0. The molecule has 0 aliphatic heterocycles. The van der Waals surface area contributed by atoms with E-state index in [1.165, 1.54) is 22.3 Å². The molecule has 0 amide bonds. The minimum absolute atomic E-state index is 0. The van der Waals surface area contributed by atoms with E-state index in [4.69, 9.17) is 3.32 Å². The SMILES string of the molecule is CC1=C(C)C(C)(C)C(C[O][Ti+3])=C1C.[Cl-].[Cl-].[Cl-]. The maximum atomic E-state index is 5.24. The standard InChI is InChI=1S/C11H17O.3ClH.Ti/c1-7-8(2)10(6-12)11(4,5)9(7)3;;;;/h6H2,1-5H3;3*1H;/q-1;;;;+4/p-3. The summed E-state index contributed by atoms with van der Waals surface area (Å²) in [6, 6.07) is 0. The molecule has 0 atom stereocenters. The van der Waals surface area contributed by atoms with Crippen molar-refractivity contribution in [2.24, 2.45) is 5.41 Å². The van der Waals surface area contributed by atoms with Crippen molar-refractivity contribution < 1.29 is 61.4 Å². The Kier molecular flexibility index (Phi) is 11.4. The molecule has 0 radical (unpaired) electrons. The first kappa shape index (κ1) is 22.2. The van der Waals surface area contributed by atoms with Crippen LogP contribution in [0.15, 0.2) is 22.3 Å². The Morgan fingerprint density at radius 2 is 1.44 bits per heavy atom. The van der Waals surface area contributed by atoms with Crippen LogP contribution in [0.4, 0.5) is 0 Å². The molecule has 0 fully saturated rings. The van der Waals surface area contributed by atoms with Crippen LogP contribution >= 0.6 is 0 Å². The summed E-state index contributed by atoms with van der Waals surface area (Å²) in [5, 5.41) is 0. The second-order valence-electron chi connectivity index (χ2n) is 4.27. The molecule has 1 nitrogen and oxygen atoms in total. The van der Waals surface area contributed by atoms with Crippen molar-refractivity contribution in [1.82, 2.24) is 0 Å². The van der Waals surface area contributed by atoms with Gasteiger partial charge in [-0.05, 0) is 0 Å². The van der Waals surface area contributed by atoms with Crippen molar-refractivity contribution in [3.63, 3.8) is 0 Å². The van der Waals surface area contributed by atoms with Gasteiger partial charge in [0.05, 0.1) is 0 Å². The van der Waals surface area contributed by atoms with Gasteiger partial charge in [0.25, 0.3) is 0 Å². The Hall–Kier alpha value is 1.02. The van der Waals surface area contributed by atoms with Gasteiger partial charge in [-0.25, -0.2) is 0 Å². The molecule has 0 unspecified atom stereocenters. The molecule has 16 heavy (non-hydrogen) atoms. The van der Waals surface area contributed by atoms with Crippen molar-refractivity contribution in [1.29, 1.82) is 0 Å². The molecule has 0 bridgehead atoms. The van der Waals surface area contributed by atoms with Crippen molar-refractivity contribution in [3.05, 3.63) is 22.3 Å². The molecular weight excluding hydrogens is 302 g/mol. The Morgan fingerprint density at radius 3 is 1.69 bits per heavy atom. The summed E-state index contributed by atoms with van der Waals surface area (Å²) < 4.78 is 5.24. The largest absolute Gasteiger partial charge is 1.00 e. The first-order chi connectivity index (χ1) is 5.92. The van der Waals surface area contributed by atoms with E-state index in [0.717, 1.165) is 6.61 Å². The molecule has 0 aromatic carbocycles. The van der Waals surface area contributed by atoms with Gasteiger partial charge in [0.2, 0.25) is 0 Å². The topological polar surface area (TPSA) is 9.23 Å². The zero-order chi connectivity index (χ0) is 10.2. The van der Waals surface area contributed by atoms with Gasteiger partial charge in [0.1, 0.15) is 0 Å². The second-order valence-corrected chi connectivity index (χ2v) is 4.72. The molecule has 0 saturated carbocycles. The zero-order valence-corrected chi connectivity index (χ0v) is 14.1. The summed E-state index contributed by atoms with van der Waals surface area (Å²) in [7, 11) is 0. The molecule has 0 spiro atoms. The van der Waals surface area contributed by atoms with Crippen molar-refractivity contribution in [2.45, 2.75) is 34.6 Å². The normalized spacial score (nSPS) is 17.7. The Morgan fingerprint density at radius 1 is 1.00 bits per heavy atom. The minimum Gasteiger partial charge on any atom is -1.00 e. The summed E-state index contributed by atoms with van der Waals surface area (Å²) >= 11 is 1.76. The van der Waals surface area contributed by atoms with E-state index in [0.29, 0.717) is 0 Å². The summed E-state index contributed by atoms with van der Waals surface area (Å²) in [6.07, 6.45) is 0. The summed E-state index contributed by atoms with van der Waals surface area (Å²) in [5.74, 6) is 0. The van der Waals surface area contributed by atoms with Crippen molar-refractivity contribution >= 4 is 0 Å². The summed E-state index contributed by atoms with van der Waals surface area (Å²) in [6.45, 7) is 11.9. The van der Waals surface area contributed by atoms with Gasteiger partial charge in [-0.2, -0.15) is 0 Å². The van der Waals surface area contributed by atoms with Gasteiger partial charge >= 0.3 is 93.1 Å². The fourth-order valence-corrected chi connectivity index (χ4v) is 2.26. The van der Waals surface area contributed by atoms with Crippen LogP contribution in [0, 0.1) is 5.41 Å². The monoisotopic (exact) mass is 318 g/mol. The van der Waals surface area contributed by atoms with E-state index < -0.39 is 0 Å². The Balaban J connectivity index is -0.000000563. The molecule has 0 aromatic heterocycles. The molecule has 0 aromatic rings. The van der Waals surface area contributed by atoms with Gasteiger partial charge in [0.15, 0.2) is 0 Å². The van der Waals surface area contributed by atoms with Gasteiger partial charge in [-0.3, -0.25) is 0 Å². The van der Waals surface area contributed by atoms with E-state index in [2.05, 4.69) is 34.6 Å². The van der Waals surface area contributed by atoms with E-state index in [1.54, 1.807) is 20.8 Å². The maximum absolute atomic E-state index is 5.24. The molecule has 1 rings (SSSR count). The number of hydrogen-bond donors (Lipinski definition) is 0. The number of allylic oxidation sites excluding steroid dienone is 3. The van der Waals surface area contributed by atoms with Gasteiger partial charge < -0.3 is 37.2 Å². The van der Waals surface area contributed by atoms with Crippen LogP contribution in [-0.2, 0) is 24.1 Å². The fourth-order valence-electron chi connectivity index (χ4n) is 2.03. The molecule has 1 aliphatic carbocycles. The van der Waals surface area contributed by atoms with Crippen LogP contribution < -0.4 is 37.2 Å². The summed E-state index contributed by atoms with van der Waals surface area (Å²) in [5.41, 5.74) is 5.98. The van der Waals surface area contributed by atoms with Gasteiger partial charge in [0, 0.05) is 0 Å². The number of halogens is 3. The fraction of sp³-hybridized carbons (Fsp3) is 0.636. The zero-order valence-electron chi connectivity index (χ0n) is 10.2. The third kappa shape index (κ3) is 3.76. The predicted octanol–water partition coefficient (Wildman–Crippen LogP) is -5.83. The predicted molar refractivity (Wildman–Crippen MR) is 50.8 cm³/mol. The molecule has 0 saturated heterocycles. The van der Waals surface area contributed by atoms with Crippen LogP contribution in [0.5, 0.6) is 0 Å². The third-order valence-corrected chi connectivity index (χ3v) is 3.71. The molecule has 5 heteroatoms. The average Bonchev–Trinajstić information content (AvgIpc) is 2.20. The van der Waals surface area contributed by atoms with E-state index in [-0.39, 0.29) is 42.6 Å². The van der Waals surface area contributed by atoms with E-state index >= 15 is 0 Å². The quantitative estimate of drug-likeness (QED) is 0.461. The van der Waals surface area contributed by atoms with Crippen molar-refractivity contribution in [2.75, 3.05) is 6.61 Å². The smallest absolute Gasteiger partial charge is 1.00 e.